The number of hydrogen-bond donors (Lipinski definition) is 2. The molecule has 90 valence electrons. The van der Waals surface area contributed by atoms with E-state index in [-0.39, 0.29) is 5.84 Å². The van der Waals surface area contributed by atoms with Crippen LogP contribution >= 0.6 is 0 Å². The first-order valence-corrected chi connectivity index (χ1v) is 5.55. The number of hydrogen-bond acceptors (Lipinski definition) is 3. The number of amidine groups is 1. The van der Waals surface area contributed by atoms with Crippen molar-refractivity contribution in [3.8, 4) is 0 Å². The molecule has 0 saturated carbocycles. The number of halogens is 1. The van der Waals surface area contributed by atoms with Crippen LogP contribution in [0, 0.1) is 5.82 Å². The average Bonchev–Trinajstić information content (AvgIpc) is 2.64. The average molecular weight is 242 g/mol. The van der Waals surface area contributed by atoms with Gasteiger partial charge in [-0.05, 0) is 23.8 Å². The van der Waals surface area contributed by atoms with E-state index >= 15 is 0 Å². The van der Waals surface area contributed by atoms with Gasteiger partial charge in [0.2, 0.25) is 0 Å². The van der Waals surface area contributed by atoms with Gasteiger partial charge in [-0.25, -0.2) is 9.38 Å². The number of rotatable bonds is 1. The Hall–Kier alpha value is -2.20. The number of aliphatic hydroxyl groups is 1. The summed E-state index contributed by atoms with van der Waals surface area (Å²) in [4.78, 5) is 4.10. The lowest BCUT2D eigenvalue weighted by molar-refractivity contribution is 0.158. The van der Waals surface area contributed by atoms with Gasteiger partial charge in [-0.2, -0.15) is 0 Å². The van der Waals surface area contributed by atoms with Crippen molar-refractivity contribution >= 4 is 11.5 Å². The highest BCUT2D eigenvalue weighted by molar-refractivity contribution is 6.00. The van der Waals surface area contributed by atoms with E-state index in [4.69, 9.17) is 5.73 Å². The van der Waals surface area contributed by atoms with Gasteiger partial charge in [0.05, 0.1) is 5.69 Å². The molecule has 18 heavy (non-hydrogen) atoms. The third-order valence-electron chi connectivity index (χ3n) is 3.15. The molecular formula is C14H11FN2O. The normalized spacial score (nSPS) is 21.6. The molecule has 0 aliphatic carbocycles. The zero-order valence-corrected chi connectivity index (χ0v) is 9.47. The Kier molecular flexibility index (Phi) is 2.21. The summed E-state index contributed by atoms with van der Waals surface area (Å²) in [6, 6.07) is 13.0. The molecule has 2 aromatic rings. The van der Waals surface area contributed by atoms with Gasteiger partial charge < -0.3 is 10.8 Å². The van der Waals surface area contributed by atoms with Crippen LogP contribution in [0.5, 0.6) is 0 Å². The predicted molar refractivity (Wildman–Crippen MR) is 67.1 cm³/mol. The predicted octanol–water partition coefficient (Wildman–Crippen LogP) is 2.06. The van der Waals surface area contributed by atoms with Crippen LogP contribution in [-0.4, -0.2) is 10.9 Å². The molecule has 3 N–H and O–H groups in total. The molecule has 0 aromatic heterocycles. The fourth-order valence-corrected chi connectivity index (χ4v) is 2.23. The summed E-state index contributed by atoms with van der Waals surface area (Å²) >= 11 is 0. The van der Waals surface area contributed by atoms with Crippen molar-refractivity contribution in [3.63, 3.8) is 0 Å². The molecule has 0 radical (unpaired) electrons. The minimum absolute atomic E-state index is 0.0642. The molecule has 0 amide bonds. The Balaban J connectivity index is 2.26. The fraction of sp³-hybridized carbons (Fsp3) is 0.0714. The van der Waals surface area contributed by atoms with E-state index in [1.54, 1.807) is 24.3 Å². The molecule has 2 aromatic carbocycles. The lowest BCUT2D eigenvalue weighted by Gasteiger charge is -2.24. The first-order chi connectivity index (χ1) is 8.62. The lowest BCUT2D eigenvalue weighted by Crippen LogP contribution is -2.39. The van der Waals surface area contributed by atoms with Gasteiger partial charge in [-0.15, -0.1) is 0 Å². The molecule has 4 heteroatoms. The van der Waals surface area contributed by atoms with Gasteiger partial charge >= 0.3 is 0 Å². The van der Waals surface area contributed by atoms with Crippen LogP contribution in [0.4, 0.5) is 10.1 Å². The van der Waals surface area contributed by atoms with Crippen molar-refractivity contribution in [1.82, 2.24) is 0 Å². The van der Waals surface area contributed by atoms with Crippen LogP contribution < -0.4 is 5.73 Å². The van der Waals surface area contributed by atoms with Gasteiger partial charge in [-0.3, -0.25) is 0 Å². The van der Waals surface area contributed by atoms with Gasteiger partial charge in [0, 0.05) is 5.56 Å². The molecule has 3 rings (SSSR count). The fourth-order valence-electron chi connectivity index (χ4n) is 2.23. The molecule has 3 nitrogen and oxygen atoms in total. The van der Waals surface area contributed by atoms with Crippen LogP contribution in [0.25, 0.3) is 0 Å². The van der Waals surface area contributed by atoms with Gasteiger partial charge in [0.15, 0.2) is 5.60 Å². The van der Waals surface area contributed by atoms with Crippen molar-refractivity contribution in [2.45, 2.75) is 5.60 Å². The zero-order chi connectivity index (χ0) is 12.8. The standard InChI is InChI=1S/C14H11FN2O/c15-10-6-7-12-11(8-10)14(18,13(16)17-12)9-4-2-1-3-5-9/h1-8,18H,(H2,16,17). The molecule has 1 aliphatic rings. The lowest BCUT2D eigenvalue weighted by atomic mass is 9.86. The Morgan fingerprint density at radius 1 is 1.11 bits per heavy atom. The first kappa shape index (κ1) is 10.9. The summed E-state index contributed by atoms with van der Waals surface area (Å²) < 4.78 is 13.3. The van der Waals surface area contributed by atoms with E-state index in [1.807, 2.05) is 6.07 Å². The van der Waals surface area contributed by atoms with Crippen LogP contribution in [-0.2, 0) is 5.60 Å². The van der Waals surface area contributed by atoms with Gasteiger partial charge in [0.25, 0.3) is 0 Å². The zero-order valence-electron chi connectivity index (χ0n) is 9.47. The smallest absolute Gasteiger partial charge is 0.174 e. The Morgan fingerprint density at radius 3 is 2.56 bits per heavy atom. The summed E-state index contributed by atoms with van der Waals surface area (Å²) in [6.07, 6.45) is 0. The maximum Gasteiger partial charge on any atom is 0.174 e. The van der Waals surface area contributed by atoms with Crippen molar-refractivity contribution in [2.24, 2.45) is 10.7 Å². The molecule has 1 heterocycles. The maximum absolute atomic E-state index is 13.3. The van der Waals surface area contributed by atoms with Crippen molar-refractivity contribution in [3.05, 3.63) is 65.5 Å². The van der Waals surface area contributed by atoms with E-state index in [0.29, 0.717) is 16.8 Å². The number of aliphatic imine (C=N–C) groups is 1. The summed E-state index contributed by atoms with van der Waals surface area (Å²) in [6.45, 7) is 0. The minimum Gasteiger partial charge on any atom is -0.384 e. The summed E-state index contributed by atoms with van der Waals surface area (Å²) in [7, 11) is 0. The monoisotopic (exact) mass is 242 g/mol. The minimum atomic E-state index is -1.54. The number of fused-ring (bicyclic) bond motifs is 1. The molecule has 1 unspecified atom stereocenters. The van der Waals surface area contributed by atoms with Crippen LogP contribution in [0.1, 0.15) is 11.1 Å². The summed E-state index contributed by atoms with van der Waals surface area (Å²) in [5, 5.41) is 10.8. The highest BCUT2D eigenvalue weighted by Gasteiger charge is 2.42. The van der Waals surface area contributed by atoms with E-state index in [0.717, 1.165) is 0 Å². The molecule has 0 bridgehead atoms. The largest absolute Gasteiger partial charge is 0.384 e. The van der Waals surface area contributed by atoms with Crippen LogP contribution in [0.2, 0.25) is 0 Å². The van der Waals surface area contributed by atoms with E-state index in [2.05, 4.69) is 4.99 Å². The highest BCUT2D eigenvalue weighted by atomic mass is 19.1. The summed E-state index contributed by atoms with van der Waals surface area (Å²) in [5.74, 6) is -0.359. The Bertz CT molecular complexity index is 639. The molecule has 0 fully saturated rings. The third-order valence-corrected chi connectivity index (χ3v) is 3.15. The van der Waals surface area contributed by atoms with Crippen LogP contribution in [0.15, 0.2) is 53.5 Å². The number of benzene rings is 2. The Morgan fingerprint density at radius 2 is 1.83 bits per heavy atom. The molecule has 1 atom stereocenters. The van der Waals surface area contributed by atoms with Crippen molar-refractivity contribution < 1.29 is 9.50 Å². The second-order valence-electron chi connectivity index (χ2n) is 4.23. The molecule has 0 spiro atoms. The van der Waals surface area contributed by atoms with Crippen molar-refractivity contribution in [1.29, 1.82) is 0 Å². The molecule has 0 saturated heterocycles. The highest BCUT2D eigenvalue weighted by Crippen LogP contribution is 2.41. The topological polar surface area (TPSA) is 58.6 Å². The third kappa shape index (κ3) is 1.36. The van der Waals surface area contributed by atoms with E-state index in [1.165, 1.54) is 18.2 Å². The number of nitrogens with zero attached hydrogens (tertiary/aromatic N) is 1. The van der Waals surface area contributed by atoms with Gasteiger partial charge in [0.1, 0.15) is 11.7 Å². The van der Waals surface area contributed by atoms with Crippen molar-refractivity contribution in [2.75, 3.05) is 0 Å². The second kappa shape index (κ2) is 3.65. The summed E-state index contributed by atoms with van der Waals surface area (Å²) in [5.41, 5.74) is 5.74. The first-order valence-electron chi connectivity index (χ1n) is 5.55. The molecular weight excluding hydrogens is 231 g/mol. The molecule has 1 aliphatic heterocycles. The second-order valence-corrected chi connectivity index (χ2v) is 4.23. The van der Waals surface area contributed by atoms with E-state index in [9.17, 15) is 9.50 Å². The van der Waals surface area contributed by atoms with Crippen LogP contribution in [0.3, 0.4) is 0 Å². The van der Waals surface area contributed by atoms with E-state index < -0.39 is 11.4 Å². The quantitative estimate of drug-likeness (QED) is 0.804. The Labute approximate surface area is 103 Å². The van der Waals surface area contributed by atoms with Gasteiger partial charge in [-0.1, -0.05) is 30.3 Å². The SMILES string of the molecule is NC1=Nc2ccc(F)cc2C1(O)c1ccccc1. The number of nitrogens with two attached hydrogens (primary N) is 1. The maximum atomic E-state index is 13.3.